The van der Waals surface area contributed by atoms with Gasteiger partial charge < -0.3 is 20.1 Å². The summed E-state index contributed by atoms with van der Waals surface area (Å²) in [6, 6.07) is 15.4. The summed E-state index contributed by atoms with van der Waals surface area (Å²) in [6.45, 7) is 0.166. The van der Waals surface area contributed by atoms with Crippen LogP contribution in [0.15, 0.2) is 48.5 Å². The number of carbonyl (C=O) groups is 3. The van der Waals surface area contributed by atoms with Crippen molar-refractivity contribution in [2.75, 3.05) is 13.7 Å². The fourth-order valence-electron chi connectivity index (χ4n) is 5.34. The van der Waals surface area contributed by atoms with Crippen LogP contribution in [0.25, 0.3) is 11.1 Å². The number of carboxylic acids is 1. The number of nitrogens with zero attached hydrogens (tertiary/aromatic N) is 1. The van der Waals surface area contributed by atoms with Crippen molar-refractivity contribution in [1.82, 2.24) is 10.2 Å². The number of rotatable bonds is 8. The van der Waals surface area contributed by atoms with E-state index in [1.165, 1.54) is 11.9 Å². The maximum absolute atomic E-state index is 13.3. The largest absolute Gasteiger partial charge is 0.479 e. The van der Waals surface area contributed by atoms with Crippen LogP contribution in [0.4, 0.5) is 4.79 Å². The van der Waals surface area contributed by atoms with Gasteiger partial charge in [0.15, 0.2) is 0 Å². The average molecular weight is 463 g/mol. The predicted octanol–water partition coefficient (Wildman–Crippen LogP) is 4.16. The fourth-order valence-corrected chi connectivity index (χ4v) is 5.34. The molecule has 0 unspecified atom stereocenters. The highest BCUT2D eigenvalue weighted by molar-refractivity contribution is 5.91. The number of aliphatic carboxylic acids is 1. The molecule has 3 aliphatic carbocycles. The SMILES string of the molecule is CN(C(=O)[C@H](CC1CC1)NC(=O)OCC1c2ccccc2-c2ccccc21)C1(C(=O)O)CCC1. The minimum atomic E-state index is -1.16. The van der Waals surface area contributed by atoms with Crippen LogP contribution >= 0.6 is 0 Å². The lowest BCUT2D eigenvalue weighted by Crippen LogP contribution is -2.63. The lowest BCUT2D eigenvalue weighted by molar-refractivity contribution is -0.165. The van der Waals surface area contributed by atoms with Crippen LogP contribution in [0.1, 0.15) is 55.6 Å². The Morgan fingerprint density at radius 2 is 1.65 bits per heavy atom. The van der Waals surface area contributed by atoms with Gasteiger partial charge in [-0.25, -0.2) is 9.59 Å². The van der Waals surface area contributed by atoms with Crippen molar-refractivity contribution in [2.45, 2.75) is 56.0 Å². The first-order valence-electron chi connectivity index (χ1n) is 12.0. The zero-order valence-corrected chi connectivity index (χ0v) is 19.3. The van der Waals surface area contributed by atoms with Crippen LogP contribution in [0.3, 0.4) is 0 Å². The van der Waals surface area contributed by atoms with Gasteiger partial charge in [-0.05, 0) is 53.9 Å². The molecule has 1 atom stereocenters. The second kappa shape index (κ2) is 8.78. The molecule has 0 bridgehead atoms. The van der Waals surface area contributed by atoms with Crippen molar-refractivity contribution in [1.29, 1.82) is 0 Å². The van der Waals surface area contributed by atoms with Crippen LogP contribution in [0.2, 0.25) is 0 Å². The third kappa shape index (κ3) is 3.93. The Kier molecular flexibility index (Phi) is 5.80. The van der Waals surface area contributed by atoms with Gasteiger partial charge in [0.2, 0.25) is 5.91 Å². The Labute approximate surface area is 199 Å². The molecule has 0 spiro atoms. The topological polar surface area (TPSA) is 95.9 Å². The van der Waals surface area contributed by atoms with E-state index in [0.717, 1.165) is 41.5 Å². The van der Waals surface area contributed by atoms with Crippen LogP contribution in [-0.4, -0.2) is 53.2 Å². The Morgan fingerprint density at radius 3 is 2.15 bits per heavy atom. The fraction of sp³-hybridized carbons (Fsp3) is 0.444. The maximum Gasteiger partial charge on any atom is 0.407 e. The maximum atomic E-state index is 13.3. The smallest absolute Gasteiger partial charge is 0.407 e. The highest BCUT2D eigenvalue weighted by atomic mass is 16.5. The molecule has 2 amide bonds. The molecule has 2 aromatic rings. The molecule has 7 heteroatoms. The quantitative estimate of drug-likeness (QED) is 0.614. The van der Waals surface area contributed by atoms with Crippen LogP contribution in [0, 0.1) is 5.92 Å². The lowest BCUT2D eigenvalue weighted by atomic mass is 9.75. The zero-order valence-electron chi connectivity index (χ0n) is 19.3. The predicted molar refractivity (Wildman–Crippen MR) is 126 cm³/mol. The molecule has 0 radical (unpaired) electrons. The molecule has 0 aromatic heterocycles. The second-order valence-corrected chi connectivity index (χ2v) is 9.79. The van der Waals surface area contributed by atoms with Crippen LogP contribution in [-0.2, 0) is 14.3 Å². The van der Waals surface area contributed by atoms with Gasteiger partial charge in [-0.15, -0.1) is 0 Å². The number of carbonyl (C=O) groups excluding carboxylic acids is 2. The van der Waals surface area contributed by atoms with Crippen molar-refractivity contribution < 1.29 is 24.2 Å². The molecule has 5 rings (SSSR count). The van der Waals surface area contributed by atoms with E-state index in [0.29, 0.717) is 25.2 Å². The van der Waals surface area contributed by atoms with Gasteiger partial charge in [-0.3, -0.25) is 4.79 Å². The third-order valence-corrected chi connectivity index (χ3v) is 7.75. The summed E-state index contributed by atoms with van der Waals surface area (Å²) in [6.07, 6.45) is 3.54. The number of hydrogen-bond donors (Lipinski definition) is 2. The minimum Gasteiger partial charge on any atom is -0.479 e. The Bertz CT molecular complexity index is 1080. The van der Waals surface area contributed by atoms with Gasteiger partial charge >= 0.3 is 12.1 Å². The molecule has 0 aliphatic heterocycles. The molecule has 0 heterocycles. The van der Waals surface area contributed by atoms with Gasteiger partial charge in [0.1, 0.15) is 18.2 Å². The minimum absolute atomic E-state index is 0.0661. The number of nitrogens with one attached hydrogen (secondary N) is 1. The van der Waals surface area contributed by atoms with E-state index in [2.05, 4.69) is 29.6 Å². The Hall–Kier alpha value is -3.35. The van der Waals surface area contributed by atoms with Gasteiger partial charge in [-0.2, -0.15) is 0 Å². The van der Waals surface area contributed by atoms with E-state index in [1.807, 2.05) is 24.3 Å². The molecule has 3 aliphatic rings. The van der Waals surface area contributed by atoms with Crippen LogP contribution < -0.4 is 5.32 Å². The normalized spacial score (nSPS) is 18.7. The summed E-state index contributed by atoms with van der Waals surface area (Å²) in [5.41, 5.74) is 3.37. The van der Waals surface area contributed by atoms with Crippen molar-refractivity contribution in [3.05, 3.63) is 59.7 Å². The molecule has 2 saturated carbocycles. The molecule has 0 saturated heterocycles. The lowest BCUT2D eigenvalue weighted by Gasteiger charge is -2.45. The van der Waals surface area contributed by atoms with Gasteiger partial charge in [0.05, 0.1) is 0 Å². The number of hydrogen-bond acceptors (Lipinski definition) is 4. The van der Waals surface area contributed by atoms with Crippen LogP contribution in [0.5, 0.6) is 0 Å². The first-order valence-corrected chi connectivity index (χ1v) is 12.0. The average Bonchev–Trinajstić information content (AvgIpc) is 3.56. The monoisotopic (exact) mass is 462 g/mol. The summed E-state index contributed by atoms with van der Waals surface area (Å²) in [5, 5.41) is 12.5. The summed E-state index contributed by atoms with van der Waals surface area (Å²) < 4.78 is 5.64. The molecular formula is C27H30N2O5. The zero-order chi connectivity index (χ0) is 23.9. The first-order chi connectivity index (χ1) is 16.4. The molecule has 2 N–H and O–H groups in total. The van der Waals surface area contributed by atoms with E-state index >= 15 is 0 Å². The van der Waals surface area contributed by atoms with Crippen molar-refractivity contribution >= 4 is 18.0 Å². The molecule has 2 fully saturated rings. The van der Waals surface area contributed by atoms with E-state index in [-0.39, 0.29) is 18.4 Å². The molecular weight excluding hydrogens is 432 g/mol. The number of likely N-dealkylation sites (N-methyl/N-ethyl adjacent to an activating group) is 1. The van der Waals surface area contributed by atoms with E-state index in [4.69, 9.17) is 4.74 Å². The highest BCUT2D eigenvalue weighted by Gasteiger charge is 2.51. The Balaban J connectivity index is 1.27. The summed E-state index contributed by atoms with van der Waals surface area (Å²) in [4.78, 5) is 39.3. The molecule has 178 valence electrons. The highest BCUT2D eigenvalue weighted by Crippen LogP contribution is 2.44. The number of fused-ring (bicyclic) bond motifs is 3. The third-order valence-electron chi connectivity index (χ3n) is 7.75. The van der Waals surface area contributed by atoms with Crippen molar-refractivity contribution in [3.8, 4) is 11.1 Å². The van der Waals surface area contributed by atoms with Crippen molar-refractivity contribution in [3.63, 3.8) is 0 Å². The summed E-state index contributed by atoms with van der Waals surface area (Å²) >= 11 is 0. The van der Waals surface area contributed by atoms with E-state index in [9.17, 15) is 19.5 Å². The molecule has 2 aromatic carbocycles. The number of ether oxygens (including phenoxy) is 1. The molecule has 34 heavy (non-hydrogen) atoms. The summed E-state index contributed by atoms with van der Waals surface area (Å²) in [5.74, 6) is -1.04. The summed E-state index contributed by atoms with van der Waals surface area (Å²) in [7, 11) is 1.54. The standard InChI is InChI=1S/C27H30N2O5/c1-29(27(25(31)32)13-6-14-27)24(30)23(15-17-11-12-17)28-26(33)34-16-22-20-9-4-2-7-18(20)19-8-3-5-10-21(19)22/h2-5,7-10,17,22-23H,6,11-16H2,1H3,(H,28,33)(H,31,32)/t23-/m0/s1. The Morgan fingerprint density at radius 1 is 1.06 bits per heavy atom. The van der Waals surface area contributed by atoms with Gasteiger partial charge in [-0.1, -0.05) is 61.4 Å². The second-order valence-electron chi connectivity index (χ2n) is 9.79. The molecule has 7 nitrogen and oxygen atoms in total. The van der Waals surface area contributed by atoms with E-state index < -0.39 is 23.6 Å². The number of benzene rings is 2. The number of amides is 2. The number of alkyl carbamates (subject to hydrolysis) is 1. The van der Waals surface area contributed by atoms with Crippen molar-refractivity contribution in [2.24, 2.45) is 5.92 Å². The van der Waals surface area contributed by atoms with E-state index in [1.54, 1.807) is 0 Å². The number of carboxylic acid groups (broad SMARTS) is 1. The first kappa shape index (κ1) is 22.4. The van der Waals surface area contributed by atoms with Gasteiger partial charge in [0, 0.05) is 13.0 Å². The van der Waals surface area contributed by atoms with Gasteiger partial charge in [0.25, 0.3) is 0 Å².